The fraction of sp³-hybridized carbons (Fsp3) is 0.683. The molecule has 0 spiro atoms. The average Bonchev–Trinajstić information content (AvgIpc) is 3.35. The van der Waals surface area contributed by atoms with Gasteiger partial charge >= 0.3 is 0 Å². The van der Waals surface area contributed by atoms with Crippen LogP contribution in [-0.4, -0.2) is 87.5 Å². The van der Waals surface area contributed by atoms with Gasteiger partial charge in [-0.2, -0.15) is 0 Å². The first-order chi connectivity index (χ1) is 33.8. The molecule has 1 saturated heterocycles. The molecule has 0 aromatic carbocycles. The Bertz CT molecular complexity index is 1440. The summed E-state index contributed by atoms with van der Waals surface area (Å²) >= 11 is 0. The molecule has 0 aromatic heterocycles. The first kappa shape index (κ1) is 63.9. The zero-order valence-electron chi connectivity index (χ0n) is 43.5. The summed E-state index contributed by atoms with van der Waals surface area (Å²) in [6.07, 6.45) is 64.2. The van der Waals surface area contributed by atoms with E-state index >= 15 is 0 Å². The van der Waals surface area contributed by atoms with Crippen LogP contribution in [0, 0.1) is 0 Å². The normalized spacial score (nSPS) is 20.4. The number of hydrogen-bond donors (Lipinski definition) is 6. The molecule has 0 aliphatic carbocycles. The van der Waals surface area contributed by atoms with Crippen molar-refractivity contribution in [1.29, 1.82) is 0 Å². The minimum absolute atomic E-state index is 0.146. The number of ether oxygens (including phenoxy) is 2. The number of allylic oxidation sites excluding steroid dienone is 18. The van der Waals surface area contributed by atoms with Crippen molar-refractivity contribution in [3.05, 3.63) is 109 Å². The summed E-state index contributed by atoms with van der Waals surface area (Å²) < 4.78 is 11.2. The Morgan fingerprint density at radius 2 is 0.899 bits per heavy atom. The van der Waals surface area contributed by atoms with E-state index in [1.165, 1.54) is 77.0 Å². The fourth-order valence-electron chi connectivity index (χ4n) is 8.03. The molecule has 1 aliphatic rings. The summed E-state index contributed by atoms with van der Waals surface area (Å²) in [6.45, 7) is 3.67. The van der Waals surface area contributed by atoms with Gasteiger partial charge in [-0.1, -0.05) is 226 Å². The monoisotopic (exact) mass is 964 g/mol. The fourth-order valence-corrected chi connectivity index (χ4v) is 8.03. The first-order valence-electron chi connectivity index (χ1n) is 27.6. The Morgan fingerprint density at radius 3 is 1.33 bits per heavy atom. The highest BCUT2D eigenvalue weighted by atomic mass is 16.7. The van der Waals surface area contributed by atoms with Crippen LogP contribution in [0.4, 0.5) is 0 Å². The molecule has 9 nitrogen and oxygen atoms in total. The topological polar surface area (TPSA) is 149 Å². The molecule has 394 valence electrons. The van der Waals surface area contributed by atoms with Crippen molar-refractivity contribution in [2.24, 2.45) is 0 Å². The van der Waals surface area contributed by atoms with Crippen LogP contribution in [0.2, 0.25) is 0 Å². The molecule has 1 fully saturated rings. The van der Waals surface area contributed by atoms with Crippen molar-refractivity contribution in [1.82, 2.24) is 5.32 Å². The average molecular weight is 964 g/mol. The zero-order chi connectivity index (χ0) is 50.1. The molecule has 9 heteroatoms. The van der Waals surface area contributed by atoms with Gasteiger partial charge in [0.1, 0.15) is 24.4 Å². The van der Waals surface area contributed by atoms with Crippen LogP contribution < -0.4 is 5.32 Å². The van der Waals surface area contributed by atoms with Crippen LogP contribution in [0.3, 0.4) is 0 Å². The van der Waals surface area contributed by atoms with Gasteiger partial charge in [0.05, 0.1) is 25.4 Å². The van der Waals surface area contributed by atoms with Gasteiger partial charge in [-0.05, 0) is 83.5 Å². The van der Waals surface area contributed by atoms with E-state index < -0.39 is 49.5 Å². The predicted molar refractivity (Wildman–Crippen MR) is 290 cm³/mol. The number of amides is 1. The Morgan fingerprint density at radius 1 is 0.507 bits per heavy atom. The number of hydrogen-bond acceptors (Lipinski definition) is 8. The summed E-state index contributed by atoms with van der Waals surface area (Å²) in [5.74, 6) is -0.158. The maximum absolute atomic E-state index is 13.0. The second-order valence-electron chi connectivity index (χ2n) is 18.6. The summed E-state index contributed by atoms with van der Waals surface area (Å²) in [6, 6.07) is -0.727. The predicted octanol–water partition coefficient (Wildman–Crippen LogP) is 13.4. The second-order valence-corrected chi connectivity index (χ2v) is 18.6. The highest BCUT2D eigenvalue weighted by Crippen LogP contribution is 2.23. The Hall–Kier alpha value is -3.15. The molecular formula is C60H101NO8. The number of aliphatic hydroxyl groups excluding tert-OH is 5. The Balaban J connectivity index is 2.12. The van der Waals surface area contributed by atoms with E-state index in [4.69, 9.17) is 9.47 Å². The van der Waals surface area contributed by atoms with Gasteiger partial charge < -0.3 is 40.3 Å². The van der Waals surface area contributed by atoms with Crippen molar-refractivity contribution in [2.45, 2.75) is 249 Å². The zero-order valence-corrected chi connectivity index (χ0v) is 43.5. The molecule has 7 unspecified atom stereocenters. The van der Waals surface area contributed by atoms with Gasteiger partial charge in [-0.25, -0.2) is 0 Å². The van der Waals surface area contributed by atoms with Crippen LogP contribution >= 0.6 is 0 Å². The molecule has 6 N–H and O–H groups in total. The summed E-state index contributed by atoms with van der Waals surface area (Å²) in [4.78, 5) is 13.0. The van der Waals surface area contributed by atoms with Crippen molar-refractivity contribution >= 4 is 5.91 Å². The van der Waals surface area contributed by atoms with Crippen molar-refractivity contribution in [3.63, 3.8) is 0 Å². The van der Waals surface area contributed by atoms with Gasteiger partial charge in [0.25, 0.3) is 0 Å². The molecule has 1 heterocycles. The molecule has 0 aromatic rings. The maximum Gasteiger partial charge on any atom is 0.220 e. The highest BCUT2D eigenvalue weighted by molar-refractivity contribution is 5.76. The number of nitrogens with one attached hydrogen (secondary N) is 1. The van der Waals surface area contributed by atoms with E-state index in [1.807, 2.05) is 0 Å². The minimum atomic E-state index is -1.56. The largest absolute Gasteiger partial charge is 0.394 e. The summed E-state index contributed by atoms with van der Waals surface area (Å²) in [5.41, 5.74) is 0. The highest BCUT2D eigenvalue weighted by Gasteiger charge is 2.44. The van der Waals surface area contributed by atoms with E-state index in [2.05, 4.69) is 129 Å². The molecule has 0 saturated carbocycles. The molecule has 1 rings (SSSR count). The van der Waals surface area contributed by atoms with Crippen LogP contribution in [0.15, 0.2) is 109 Å². The minimum Gasteiger partial charge on any atom is -0.394 e. The van der Waals surface area contributed by atoms with Gasteiger partial charge in [0.15, 0.2) is 6.29 Å². The smallest absolute Gasteiger partial charge is 0.220 e. The third-order valence-electron chi connectivity index (χ3n) is 12.4. The lowest BCUT2D eigenvalue weighted by Crippen LogP contribution is -2.60. The SMILES string of the molecule is CC/C=C\C/C=C\C/C=C\C/C=C\C/C=C\C/C=C\C/C=C\C/C=C\C/C=C\CCCCCCCCCCCC(=O)NC(COC1OC(CO)C(O)C(O)C1O)C(O)CCCCCCCCCCC. The van der Waals surface area contributed by atoms with Gasteiger partial charge in [0.2, 0.25) is 5.91 Å². The lowest BCUT2D eigenvalue weighted by atomic mass is 9.99. The summed E-state index contributed by atoms with van der Waals surface area (Å²) in [5, 5.41) is 54.3. The van der Waals surface area contributed by atoms with Crippen LogP contribution in [-0.2, 0) is 14.3 Å². The van der Waals surface area contributed by atoms with Crippen molar-refractivity contribution in [3.8, 4) is 0 Å². The molecule has 0 bridgehead atoms. The molecule has 0 radical (unpaired) electrons. The van der Waals surface area contributed by atoms with Gasteiger partial charge in [-0.3, -0.25) is 4.79 Å². The van der Waals surface area contributed by atoms with Crippen LogP contribution in [0.5, 0.6) is 0 Å². The van der Waals surface area contributed by atoms with Gasteiger partial charge in [0, 0.05) is 6.42 Å². The first-order valence-corrected chi connectivity index (χ1v) is 27.6. The molecular weight excluding hydrogens is 863 g/mol. The number of rotatable bonds is 45. The quantitative estimate of drug-likeness (QED) is 0.0261. The Labute approximate surface area is 421 Å². The lowest BCUT2D eigenvalue weighted by Gasteiger charge is -2.40. The number of aliphatic hydroxyl groups is 5. The van der Waals surface area contributed by atoms with E-state index in [0.717, 1.165) is 103 Å². The van der Waals surface area contributed by atoms with E-state index in [-0.39, 0.29) is 12.5 Å². The molecule has 69 heavy (non-hydrogen) atoms. The molecule has 7 atom stereocenters. The molecule has 1 aliphatic heterocycles. The number of carbonyl (C=O) groups excluding carboxylic acids is 1. The summed E-state index contributed by atoms with van der Waals surface area (Å²) in [7, 11) is 0. The Kier molecular flexibility index (Phi) is 44.9. The van der Waals surface area contributed by atoms with E-state index in [9.17, 15) is 30.3 Å². The van der Waals surface area contributed by atoms with Crippen molar-refractivity contribution < 1.29 is 39.8 Å². The van der Waals surface area contributed by atoms with Crippen molar-refractivity contribution in [2.75, 3.05) is 13.2 Å². The molecule has 1 amide bonds. The third kappa shape index (κ3) is 38.2. The van der Waals surface area contributed by atoms with E-state index in [0.29, 0.717) is 12.8 Å². The van der Waals surface area contributed by atoms with E-state index in [1.54, 1.807) is 0 Å². The second kappa shape index (κ2) is 48.5. The number of carbonyl (C=O) groups is 1. The standard InChI is InChI=1S/C60H101NO8/c1-3-5-7-9-11-13-14-15-16-17-18-19-20-21-22-23-24-25-26-27-28-29-30-31-32-33-34-35-36-37-38-39-40-42-44-46-48-50-56(64)61-53(54(63)49-47-45-43-41-12-10-8-6-4-2)52-68-60-59(67)58(66)57(65)55(51-62)69-60/h5,7,11,13,15-16,18-19,21-22,24-25,27-28,30-31,33-34,53-55,57-60,62-63,65-67H,3-4,6,8-10,12,14,17,20,23,26,29,32,35-52H2,1-2H3,(H,61,64)/b7-5-,13-11-,16-15-,19-18-,22-21-,25-24-,28-27-,31-30-,34-33-. The van der Waals surface area contributed by atoms with Crippen LogP contribution in [0.25, 0.3) is 0 Å². The maximum atomic E-state index is 13.0. The van der Waals surface area contributed by atoms with Gasteiger partial charge in [-0.15, -0.1) is 0 Å². The number of unbranched alkanes of at least 4 members (excludes halogenated alkanes) is 17. The third-order valence-corrected chi connectivity index (χ3v) is 12.4. The van der Waals surface area contributed by atoms with Crippen LogP contribution in [0.1, 0.15) is 206 Å². The lowest BCUT2D eigenvalue weighted by molar-refractivity contribution is -0.302.